The highest BCUT2D eigenvalue weighted by molar-refractivity contribution is 9.08. The van der Waals surface area contributed by atoms with Gasteiger partial charge in [0.25, 0.3) is 0 Å². The minimum atomic E-state index is 0.930. The average molecular weight is 271 g/mol. The van der Waals surface area contributed by atoms with Crippen molar-refractivity contribution in [3.8, 4) is 5.75 Å². The van der Waals surface area contributed by atoms with E-state index in [1.54, 1.807) is 7.11 Å². The van der Waals surface area contributed by atoms with Gasteiger partial charge in [-0.3, -0.25) is 0 Å². The fourth-order valence-corrected chi connectivity index (χ4v) is 3.36. The predicted molar refractivity (Wildman–Crippen MR) is 65.7 cm³/mol. The van der Waals surface area contributed by atoms with Crippen LogP contribution in [0.4, 0.5) is 0 Å². The Balaban J connectivity index is 2.66. The van der Waals surface area contributed by atoms with Gasteiger partial charge in [0.2, 0.25) is 0 Å². The molecule has 0 fully saturated rings. The lowest BCUT2D eigenvalue weighted by Gasteiger charge is -1.98. The lowest BCUT2D eigenvalue weighted by Crippen LogP contribution is -1.80. The molecule has 0 atom stereocenters. The monoisotopic (exact) mass is 270 g/mol. The van der Waals surface area contributed by atoms with E-state index in [-0.39, 0.29) is 0 Å². The SMILES string of the molecule is COc1ccc2c(C)c(CBr)sc2c1. The van der Waals surface area contributed by atoms with E-state index < -0.39 is 0 Å². The first kappa shape index (κ1) is 9.99. The smallest absolute Gasteiger partial charge is 0.120 e. The minimum Gasteiger partial charge on any atom is -0.497 e. The summed E-state index contributed by atoms with van der Waals surface area (Å²) in [5.41, 5.74) is 1.38. The van der Waals surface area contributed by atoms with Gasteiger partial charge >= 0.3 is 0 Å². The highest BCUT2D eigenvalue weighted by atomic mass is 79.9. The molecule has 14 heavy (non-hydrogen) atoms. The third kappa shape index (κ3) is 1.55. The number of rotatable bonds is 2. The molecule has 0 spiro atoms. The molecule has 0 aliphatic heterocycles. The minimum absolute atomic E-state index is 0.930. The number of halogens is 1. The second kappa shape index (κ2) is 3.91. The van der Waals surface area contributed by atoms with Gasteiger partial charge in [0, 0.05) is 14.9 Å². The number of aryl methyl sites for hydroxylation is 1. The van der Waals surface area contributed by atoms with Crippen LogP contribution in [0.3, 0.4) is 0 Å². The number of alkyl halides is 1. The van der Waals surface area contributed by atoms with Gasteiger partial charge in [-0.1, -0.05) is 15.9 Å². The van der Waals surface area contributed by atoms with Crippen molar-refractivity contribution in [2.45, 2.75) is 12.3 Å². The Labute approximate surface area is 95.8 Å². The first-order chi connectivity index (χ1) is 6.76. The highest BCUT2D eigenvalue weighted by Gasteiger charge is 2.07. The molecule has 3 heteroatoms. The molecule has 2 rings (SSSR count). The van der Waals surface area contributed by atoms with E-state index in [0.717, 1.165) is 11.1 Å². The molecule has 0 amide bonds. The number of hydrogen-bond acceptors (Lipinski definition) is 2. The van der Waals surface area contributed by atoms with Crippen LogP contribution in [0, 0.1) is 6.92 Å². The number of thiophene rings is 1. The summed E-state index contributed by atoms with van der Waals surface area (Å²) in [6, 6.07) is 6.24. The van der Waals surface area contributed by atoms with Crippen molar-refractivity contribution in [2.75, 3.05) is 7.11 Å². The van der Waals surface area contributed by atoms with Crippen LogP contribution < -0.4 is 4.74 Å². The molecule has 2 aromatic rings. The number of hydrogen-bond donors (Lipinski definition) is 0. The van der Waals surface area contributed by atoms with E-state index in [0.29, 0.717) is 0 Å². The third-order valence-electron chi connectivity index (χ3n) is 2.37. The second-order valence-electron chi connectivity index (χ2n) is 3.15. The van der Waals surface area contributed by atoms with Crippen molar-refractivity contribution in [1.29, 1.82) is 0 Å². The Morgan fingerprint density at radius 3 is 2.86 bits per heavy atom. The van der Waals surface area contributed by atoms with Crippen molar-refractivity contribution < 1.29 is 4.74 Å². The summed E-state index contributed by atoms with van der Waals surface area (Å²) in [7, 11) is 1.70. The lowest BCUT2D eigenvalue weighted by molar-refractivity contribution is 0.415. The summed E-state index contributed by atoms with van der Waals surface area (Å²) < 4.78 is 6.50. The lowest BCUT2D eigenvalue weighted by atomic mass is 10.1. The molecule has 0 saturated carbocycles. The molecule has 0 aliphatic rings. The summed E-state index contributed by atoms with van der Waals surface area (Å²) in [6.07, 6.45) is 0. The van der Waals surface area contributed by atoms with Gasteiger partial charge in [0.15, 0.2) is 0 Å². The van der Waals surface area contributed by atoms with Crippen LogP contribution in [-0.2, 0) is 5.33 Å². The number of ether oxygens (including phenoxy) is 1. The molecule has 1 heterocycles. The Hall–Kier alpha value is -0.540. The van der Waals surface area contributed by atoms with E-state index in [2.05, 4.69) is 35.0 Å². The van der Waals surface area contributed by atoms with Crippen LogP contribution in [0.1, 0.15) is 10.4 Å². The zero-order chi connectivity index (χ0) is 10.1. The average Bonchev–Trinajstić information content (AvgIpc) is 2.55. The van der Waals surface area contributed by atoms with Crippen molar-refractivity contribution in [3.05, 3.63) is 28.6 Å². The molecule has 0 saturated heterocycles. The second-order valence-corrected chi connectivity index (χ2v) is 4.84. The van der Waals surface area contributed by atoms with Crippen LogP contribution in [0.15, 0.2) is 18.2 Å². The van der Waals surface area contributed by atoms with Crippen molar-refractivity contribution in [1.82, 2.24) is 0 Å². The molecule has 1 aromatic carbocycles. The summed E-state index contributed by atoms with van der Waals surface area (Å²) >= 11 is 5.33. The van der Waals surface area contributed by atoms with Crippen molar-refractivity contribution in [2.24, 2.45) is 0 Å². The molecular weight excluding hydrogens is 260 g/mol. The zero-order valence-electron chi connectivity index (χ0n) is 8.13. The fraction of sp³-hybridized carbons (Fsp3) is 0.273. The molecule has 0 aliphatic carbocycles. The summed E-state index contributed by atoms with van der Waals surface area (Å²) in [5, 5.41) is 2.27. The van der Waals surface area contributed by atoms with Crippen molar-refractivity contribution >= 4 is 37.4 Å². The van der Waals surface area contributed by atoms with E-state index >= 15 is 0 Å². The van der Waals surface area contributed by atoms with Crippen LogP contribution in [0.2, 0.25) is 0 Å². The van der Waals surface area contributed by atoms with E-state index in [1.165, 1.54) is 20.5 Å². The number of fused-ring (bicyclic) bond motifs is 1. The quantitative estimate of drug-likeness (QED) is 0.747. The molecule has 74 valence electrons. The van der Waals surface area contributed by atoms with Gasteiger partial charge in [-0.15, -0.1) is 11.3 Å². The maximum absolute atomic E-state index is 5.20. The molecule has 0 radical (unpaired) electrons. The van der Waals surface area contributed by atoms with Crippen LogP contribution in [-0.4, -0.2) is 7.11 Å². The maximum Gasteiger partial charge on any atom is 0.120 e. The van der Waals surface area contributed by atoms with Crippen LogP contribution in [0.5, 0.6) is 5.75 Å². The van der Waals surface area contributed by atoms with Gasteiger partial charge in [-0.05, 0) is 36.1 Å². The first-order valence-electron chi connectivity index (χ1n) is 4.38. The highest BCUT2D eigenvalue weighted by Crippen LogP contribution is 2.34. The summed E-state index contributed by atoms with van der Waals surface area (Å²) in [5.74, 6) is 0.930. The molecule has 0 bridgehead atoms. The van der Waals surface area contributed by atoms with E-state index in [4.69, 9.17) is 4.74 Å². The predicted octanol–water partition coefficient (Wildman–Crippen LogP) is 4.11. The Bertz CT molecular complexity index is 462. The van der Waals surface area contributed by atoms with Crippen LogP contribution >= 0.6 is 27.3 Å². The van der Waals surface area contributed by atoms with E-state index in [1.807, 2.05) is 17.4 Å². The van der Waals surface area contributed by atoms with Crippen LogP contribution in [0.25, 0.3) is 10.1 Å². The normalized spacial score (nSPS) is 10.8. The van der Waals surface area contributed by atoms with Gasteiger partial charge < -0.3 is 4.74 Å². The van der Waals surface area contributed by atoms with Gasteiger partial charge in [-0.2, -0.15) is 0 Å². The maximum atomic E-state index is 5.20. The molecule has 0 N–H and O–H groups in total. The fourth-order valence-electron chi connectivity index (χ4n) is 1.51. The summed E-state index contributed by atoms with van der Waals surface area (Å²) in [6.45, 7) is 2.17. The first-order valence-corrected chi connectivity index (χ1v) is 6.32. The number of benzene rings is 1. The molecule has 0 unspecified atom stereocenters. The standard InChI is InChI=1S/C11H11BrOS/c1-7-9-4-3-8(13-2)5-10(9)14-11(7)6-12/h3-5H,6H2,1-2H3. The summed E-state index contributed by atoms with van der Waals surface area (Å²) in [4.78, 5) is 1.40. The topological polar surface area (TPSA) is 9.23 Å². The van der Waals surface area contributed by atoms with Gasteiger partial charge in [0.1, 0.15) is 5.75 Å². The number of methoxy groups -OCH3 is 1. The largest absolute Gasteiger partial charge is 0.497 e. The van der Waals surface area contributed by atoms with Crippen molar-refractivity contribution in [3.63, 3.8) is 0 Å². The van der Waals surface area contributed by atoms with Gasteiger partial charge in [-0.25, -0.2) is 0 Å². The Kier molecular flexibility index (Phi) is 2.79. The Morgan fingerprint density at radius 1 is 1.43 bits per heavy atom. The molecule has 1 aromatic heterocycles. The Morgan fingerprint density at radius 2 is 2.21 bits per heavy atom. The van der Waals surface area contributed by atoms with E-state index in [9.17, 15) is 0 Å². The van der Waals surface area contributed by atoms with Gasteiger partial charge in [0.05, 0.1) is 7.11 Å². The zero-order valence-corrected chi connectivity index (χ0v) is 10.5. The third-order valence-corrected chi connectivity index (χ3v) is 4.55. The molecule has 1 nitrogen and oxygen atoms in total. The molecular formula is C11H11BrOS.